The third kappa shape index (κ3) is 10.3. The molecule has 0 saturated heterocycles. The van der Waals surface area contributed by atoms with Crippen molar-refractivity contribution in [1.82, 2.24) is 19.6 Å². The predicted octanol–water partition coefficient (Wildman–Crippen LogP) is 1.48. The first-order valence-corrected chi connectivity index (χ1v) is 15.3. The number of nitrogens with zero attached hydrogens (tertiary/aromatic N) is 4. The van der Waals surface area contributed by atoms with Crippen LogP contribution in [0.4, 0.5) is 11.8 Å². The van der Waals surface area contributed by atoms with Crippen LogP contribution >= 0.6 is 31.3 Å². The van der Waals surface area contributed by atoms with Crippen LogP contribution in [0.15, 0.2) is 6.20 Å². The highest BCUT2D eigenvalue weighted by Gasteiger charge is 2.32. The summed E-state index contributed by atoms with van der Waals surface area (Å²) in [5, 5.41) is 24.3. The van der Waals surface area contributed by atoms with E-state index in [4.69, 9.17) is 29.8 Å². The number of phosphoric ester groups is 1. The van der Waals surface area contributed by atoms with Gasteiger partial charge in [-0.05, 0) is 6.92 Å². The van der Waals surface area contributed by atoms with Gasteiger partial charge in [0.15, 0.2) is 22.2 Å². The third-order valence-corrected chi connectivity index (χ3v) is 8.14. The fourth-order valence-corrected chi connectivity index (χ4v) is 5.38. The van der Waals surface area contributed by atoms with Crippen LogP contribution in [-0.4, -0.2) is 90.7 Å². The van der Waals surface area contributed by atoms with Gasteiger partial charge in [-0.15, -0.1) is 5.10 Å². The number of hydrogen-bond donors (Lipinski definition) is 4. The van der Waals surface area contributed by atoms with E-state index in [1.54, 1.807) is 20.8 Å². The number of imidazole rings is 1. The molecule has 0 saturated carbocycles. The molecule has 0 amide bonds. The second kappa shape index (κ2) is 15.3. The van der Waals surface area contributed by atoms with Gasteiger partial charge in [-0.1, -0.05) is 44.3 Å². The molecule has 0 aliphatic rings. The van der Waals surface area contributed by atoms with Gasteiger partial charge in [-0.3, -0.25) is 23.2 Å². The van der Waals surface area contributed by atoms with Crippen molar-refractivity contribution in [1.29, 1.82) is 0 Å². The fourth-order valence-electron chi connectivity index (χ4n) is 2.89. The number of thioether (sulfide) groups is 2. The zero-order chi connectivity index (χ0) is 29.2. The molecule has 0 spiro atoms. The monoisotopic (exact) mass is 610 g/mol. The van der Waals surface area contributed by atoms with Gasteiger partial charge in [0.25, 0.3) is 0 Å². The van der Waals surface area contributed by atoms with Gasteiger partial charge in [-0.2, -0.15) is 4.98 Å². The lowest BCUT2D eigenvalue weighted by molar-refractivity contribution is -0.117. The van der Waals surface area contributed by atoms with Crippen LogP contribution in [0.3, 0.4) is 0 Å². The topological polar surface area (TPSA) is 224 Å². The van der Waals surface area contributed by atoms with E-state index in [0.717, 1.165) is 23.5 Å². The summed E-state index contributed by atoms with van der Waals surface area (Å²) in [6.45, 7) is 5.49. The number of carbonyl (C=O) groups is 2. The molecule has 0 aromatic carbocycles. The number of phosphoric acid groups is 1. The van der Waals surface area contributed by atoms with Crippen molar-refractivity contribution < 1.29 is 42.7 Å². The second-order valence-corrected chi connectivity index (χ2v) is 12.8. The lowest BCUT2D eigenvalue weighted by Gasteiger charge is -2.27. The van der Waals surface area contributed by atoms with E-state index in [1.807, 2.05) is 0 Å². The Hall–Kier alpha value is -1.82. The van der Waals surface area contributed by atoms with Gasteiger partial charge < -0.3 is 26.4 Å². The third-order valence-electron chi connectivity index (χ3n) is 4.90. The number of carbonyl (C=O) groups excluding carboxylic acids is 2. The minimum absolute atomic E-state index is 0.0196. The summed E-state index contributed by atoms with van der Waals surface area (Å²) in [5.74, 6) is 0.284. The number of nitrogens with two attached hydrogens (primary N) is 2. The van der Waals surface area contributed by atoms with Gasteiger partial charge in [0, 0.05) is 16.9 Å². The first-order chi connectivity index (χ1) is 18.3. The number of hydrogen-bond acceptors (Lipinski definition) is 16. The number of anilines is 2. The number of nitrogen functional groups attached to an aromatic ring is 2. The van der Waals surface area contributed by atoms with Gasteiger partial charge in [0.2, 0.25) is 5.95 Å². The summed E-state index contributed by atoms with van der Waals surface area (Å²) in [7, 11) is -4.20. The number of fused-ring (bicyclic) bond motifs is 1. The molecule has 15 nitrogen and oxygen atoms in total. The van der Waals surface area contributed by atoms with Crippen LogP contribution in [0.1, 0.15) is 39.5 Å². The molecule has 0 aliphatic heterocycles. The van der Waals surface area contributed by atoms with Crippen molar-refractivity contribution in [2.75, 3.05) is 49.4 Å². The number of aliphatic hydroxyl groups is 2. The van der Waals surface area contributed by atoms with Gasteiger partial charge >= 0.3 is 7.82 Å². The van der Waals surface area contributed by atoms with E-state index in [1.165, 1.54) is 17.6 Å². The number of aliphatic hydroxyl groups excluding tert-OH is 2. The van der Waals surface area contributed by atoms with Crippen LogP contribution in [0.2, 0.25) is 0 Å². The van der Waals surface area contributed by atoms with Gasteiger partial charge in [-0.25, -0.2) is 14.1 Å². The summed E-state index contributed by atoms with van der Waals surface area (Å²) in [4.78, 5) is 30.6. The minimum atomic E-state index is -4.20. The summed E-state index contributed by atoms with van der Waals surface area (Å²) in [5.41, 5.74) is 12.0. The normalized spacial score (nSPS) is 16.1. The maximum atomic E-state index is 13.3. The molecule has 18 heteroatoms. The summed E-state index contributed by atoms with van der Waals surface area (Å²) < 4.78 is 36.6. The van der Waals surface area contributed by atoms with Crippen molar-refractivity contribution in [3.05, 3.63) is 11.9 Å². The van der Waals surface area contributed by atoms with E-state index < -0.39 is 44.8 Å². The second-order valence-electron chi connectivity index (χ2n) is 9.12. The van der Waals surface area contributed by atoms with Gasteiger partial charge in [0.1, 0.15) is 12.2 Å². The Morgan fingerprint density at radius 2 is 1.90 bits per heavy atom. The highest BCUT2D eigenvalue weighted by Crippen LogP contribution is 2.50. The predicted molar refractivity (Wildman–Crippen MR) is 148 cm³/mol. The molecule has 0 fully saturated rings. The Kier molecular flexibility index (Phi) is 13.1. The van der Waals surface area contributed by atoms with E-state index >= 15 is 0 Å². The molecule has 2 aromatic rings. The van der Waals surface area contributed by atoms with Crippen molar-refractivity contribution in [3.63, 3.8) is 0 Å². The molecule has 4 atom stereocenters. The average molecular weight is 611 g/mol. The Morgan fingerprint density at radius 3 is 2.49 bits per heavy atom. The molecule has 3 unspecified atom stereocenters. The Morgan fingerprint density at radius 1 is 1.23 bits per heavy atom. The maximum absolute atomic E-state index is 13.3. The smallest absolute Gasteiger partial charge is 0.393 e. The Labute approximate surface area is 234 Å². The van der Waals surface area contributed by atoms with E-state index in [0.29, 0.717) is 5.62 Å². The van der Waals surface area contributed by atoms with Crippen LogP contribution in [0.25, 0.3) is 5.65 Å². The summed E-state index contributed by atoms with van der Waals surface area (Å²) in [6.07, 6.45) is -1.98. The number of ether oxygens (including phenoxy) is 1. The lowest BCUT2D eigenvalue weighted by Crippen LogP contribution is -2.34. The molecular weight excluding hydrogens is 575 g/mol. The molecule has 2 aromatic heterocycles. The lowest BCUT2D eigenvalue weighted by atomic mass is 10.00. The van der Waals surface area contributed by atoms with Crippen LogP contribution < -0.4 is 11.5 Å². The standard InChI is InChI=1S/C21H35N6O9PS2/c1-13(30)16(36-15(10-28)14-9-24-18-17(22)25-20(23)26-27(14)18)11-35-37(32,33-5-7-38-12-29)34-6-8-39-19(31)21(2,3)4/h9,12-13,15-16,28,30H,5-8,10-11H2,1-4H3,(H4,22,23,25,26)/t13?,15?,16-,37?/m1/s1. The van der Waals surface area contributed by atoms with Crippen molar-refractivity contribution >= 4 is 59.5 Å². The van der Waals surface area contributed by atoms with E-state index in [2.05, 4.69) is 15.1 Å². The SMILES string of the molecule is CC(O)[C@@H](COP(=O)(OCCSC=O)OCCSC(=O)C(C)(C)C)OC(CO)c1cnc2c(N)nc(N)nn12. The Balaban J connectivity index is 2.11. The zero-order valence-corrected chi connectivity index (χ0v) is 24.6. The molecule has 220 valence electrons. The van der Waals surface area contributed by atoms with E-state index in [-0.39, 0.29) is 52.9 Å². The molecule has 2 rings (SSSR count). The van der Waals surface area contributed by atoms with E-state index in [9.17, 15) is 24.4 Å². The first kappa shape index (κ1) is 33.4. The van der Waals surface area contributed by atoms with Crippen LogP contribution in [0, 0.1) is 5.41 Å². The summed E-state index contributed by atoms with van der Waals surface area (Å²) in [6, 6.07) is 0. The van der Waals surface area contributed by atoms with Gasteiger partial charge in [0.05, 0.1) is 44.4 Å². The molecule has 39 heavy (non-hydrogen) atoms. The molecule has 6 N–H and O–H groups in total. The molecule has 0 radical (unpaired) electrons. The number of rotatable bonds is 17. The molecular formula is C21H35N6O9PS2. The molecule has 0 bridgehead atoms. The van der Waals surface area contributed by atoms with Crippen molar-refractivity contribution in [3.8, 4) is 0 Å². The van der Waals surface area contributed by atoms with Crippen molar-refractivity contribution in [2.45, 2.75) is 46.0 Å². The quantitative estimate of drug-likeness (QED) is 0.113. The Bertz CT molecular complexity index is 1150. The van der Waals surface area contributed by atoms with Crippen LogP contribution in [-0.2, 0) is 32.5 Å². The highest BCUT2D eigenvalue weighted by molar-refractivity contribution is 8.13. The van der Waals surface area contributed by atoms with Crippen molar-refractivity contribution in [2.24, 2.45) is 5.41 Å². The summed E-state index contributed by atoms with van der Waals surface area (Å²) >= 11 is 1.93. The molecule has 2 heterocycles. The number of aromatic nitrogens is 4. The zero-order valence-electron chi connectivity index (χ0n) is 22.1. The largest absolute Gasteiger partial charge is 0.474 e. The highest BCUT2D eigenvalue weighted by atomic mass is 32.2. The fraction of sp³-hybridized carbons (Fsp3) is 0.667. The minimum Gasteiger partial charge on any atom is -0.393 e. The maximum Gasteiger partial charge on any atom is 0.474 e. The average Bonchev–Trinajstić information content (AvgIpc) is 3.28. The van der Waals surface area contributed by atoms with Crippen LogP contribution in [0.5, 0.6) is 0 Å². The first-order valence-electron chi connectivity index (χ1n) is 11.8. The molecule has 0 aliphatic carbocycles.